The van der Waals surface area contributed by atoms with E-state index in [9.17, 15) is 9.90 Å². The van der Waals surface area contributed by atoms with Crippen molar-refractivity contribution in [3.8, 4) is 17.0 Å². The van der Waals surface area contributed by atoms with Crippen molar-refractivity contribution in [1.29, 1.82) is 0 Å². The molecule has 2 unspecified atom stereocenters. The summed E-state index contributed by atoms with van der Waals surface area (Å²) in [6, 6.07) is 6.80. The number of aliphatic hydroxyl groups is 1. The lowest BCUT2D eigenvalue weighted by Crippen LogP contribution is -2.27. The quantitative estimate of drug-likeness (QED) is 0.460. The summed E-state index contributed by atoms with van der Waals surface area (Å²) >= 11 is 6.27. The molecule has 1 fully saturated rings. The standard InChI is InChI=1S/C23H23ClN6O3/c1-33-20-8-7-14(24)11-15(20)21-17(13-30(28-21)18-5-2-3-6-19(18)31)27-23(32)16-12-26-29-10-4-9-25-22(16)29/h4,7-13,18-19,31H,2-3,5-6H2,1H3,(H,27,32). The molecule has 5 rings (SSSR count). The lowest BCUT2D eigenvalue weighted by atomic mass is 9.93. The van der Waals surface area contributed by atoms with Crippen LogP contribution in [0.2, 0.25) is 5.02 Å². The van der Waals surface area contributed by atoms with Gasteiger partial charge in [0.2, 0.25) is 0 Å². The fraction of sp³-hybridized carbons (Fsp3) is 0.304. The number of anilines is 1. The van der Waals surface area contributed by atoms with Crippen LogP contribution in [0.5, 0.6) is 5.75 Å². The molecule has 1 saturated carbocycles. The van der Waals surface area contributed by atoms with Gasteiger partial charge in [-0.3, -0.25) is 9.48 Å². The summed E-state index contributed by atoms with van der Waals surface area (Å²) in [7, 11) is 1.57. The zero-order valence-electron chi connectivity index (χ0n) is 18.0. The zero-order chi connectivity index (χ0) is 22.9. The normalized spacial score (nSPS) is 18.4. The molecule has 4 aromatic rings. The molecule has 0 radical (unpaired) electrons. The van der Waals surface area contributed by atoms with Gasteiger partial charge in [-0.1, -0.05) is 24.4 Å². The Bertz CT molecular complexity index is 1320. The van der Waals surface area contributed by atoms with Gasteiger partial charge in [0.15, 0.2) is 5.65 Å². The van der Waals surface area contributed by atoms with Crippen molar-refractivity contribution >= 4 is 28.8 Å². The van der Waals surface area contributed by atoms with Crippen LogP contribution in [-0.2, 0) is 0 Å². The number of ether oxygens (including phenoxy) is 1. The highest BCUT2D eigenvalue weighted by Gasteiger charge is 2.28. The third-order valence-electron chi connectivity index (χ3n) is 5.95. The van der Waals surface area contributed by atoms with Gasteiger partial charge < -0.3 is 15.2 Å². The first kappa shape index (κ1) is 21.4. The Morgan fingerprint density at radius 1 is 1.30 bits per heavy atom. The fourth-order valence-corrected chi connectivity index (χ4v) is 4.47. The van der Waals surface area contributed by atoms with E-state index < -0.39 is 6.10 Å². The van der Waals surface area contributed by atoms with Crippen LogP contribution in [0.1, 0.15) is 42.1 Å². The molecule has 1 amide bonds. The highest BCUT2D eigenvalue weighted by Crippen LogP contribution is 2.38. The Morgan fingerprint density at radius 3 is 2.97 bits per heavy atom. The average molecular weight is 467 g/mol. The number of hydrogen-bond acceptors (Lipinski definition) is 6. The number of amides is 1. The molecular weight excluding hydrogens is 444 g/mol. The number of halogens is 1. The summed E-state index contributed by atoms with van der Waals surface area (Å²) in [5.74, 6) is 0.205. The van der Waals surface area contributed by atoms with Crippen LogP contribution in [0.3, 0.4) is 0 Å². The number of carbonyl (C=O) groups excluding carboxylic acids is 1. The number of nitrogens with zero attached hydrogens (tertiary/aromatic N) is 5. The van der Waals surface area contributed by atoms with Crippen LogP contribution in [-0.4, -0.2) is 48.6 Å². The number of carbonyl (C=O) groups is 1. The van der Waals surface area contributed by atoms with E-state index in [1.54, 1.807) is 54.6 Å². The second kappa shape index (κ2) is 8.84. The minimum atomic E-state index is -0.500. The van der Waals surface area contributed by atoms with E-state index in [1.165, 1.54) is 10.7 Å². The van der Waals surface area contributed by atoms with E-state index in [4.69, 9.17) is 21.4 Å². The number of aromatic nitrogens is 5. The molecule has 1 aliphatic rings. The average Bonchev–Trinajstić information content (AvgIpc) is 3.44. The van der Waals surface area contributed by atoms with Crippen molar-refractivity contribution in [2.45, 2.75) is 37.8 Å². The maximum Gasteiger partial charge on any atom is 0.261 e. The second-order valence-corrected chi connectivity index (χ2v) is 8.47. The van der Waals surface area contributed by atoms with E-state index in [-0.39, 0.29) is 11.9 Å². The number of nitrogens with one attached hydrogen (secondary N) is 1. The van der Waals surface area contributed by atoms with Crippen molar-refractivity contribution < 1.29 is 14.6 Å². The van der Waals surface area contributed by atoms with Crippen LogP contribution >= 0.6 is 11.6 Å². The molecule has 0 aliphatic heterocycles. The largest absolute Gasteiger partial charge is 0.496 e. The number of hydrogen-bond donors (Lipinski definition) is 2. The number of aliphatic hydroxyl groups excluding tert-OH is 1. The third kappa shape index (κ3) is 4.05. The SMILES string of the molecule is COc1ccc(Cl)cc1-c1nn(C2CCCCC2O)cc1NC(=O)c1cnn2cccnc12. The molecule has 0 bridgehead atoms. The molecule has 0 saturated heterocycles. The Labute approximate surface area is 195 Å². The van der Waals surface area contributed by atoms with E-state index in [0.29, 0.717) is 38.9 Å². The molecule has 3 aromatic heterocycles. The lowest BCUT2D eigenvalue weighted by Gasteiger charge is -2.27. The summed E-state index contributed by atoms with van der Waals surface area (Å²) < 4.78 is 8.81. The first-order chi connectivity index (χ1) is 16.0. The van der Waals surface area contributed by atoms with Gasteiger partial charge in [0.1, 0.15) is 17.0 Å². The fourth-order valence-electron chi connectivity index (χ4n) is 4.29. The van der Waals surface area contributed by atoms with Crippen molar-refractivity contribution in [2.75, 3.05) is 12.4 Å². The Morgan fingerprint density at radius 2 is 2.15 bits per heavy atom. The highest BCUT2D eigenvalue weighted by molar-refractivity contribution is 6.31. The van der Waals surface area contributed by atoms with Crippen LogP contribution < -0.4 is 10.1 Å². The van der Waals surface area contributed by atoms with Gasteiger partial charge in [-0.05, 0) is 37.1 Å². The molecule has 2 N–H and O–H groups in total. The van der Waals surface area contributed by atoms with E-state index in [2.05, 4.69) is 15.4 Å². The number of fused-ring (bicyclic) bond motifs is 1. The summed E-state index contributed by atoms with van der Waals surface area (Å²) in [6.07, 6.45) is 9.59. The summed E-state index contributed by atoms with van der Waals surface area (Å²) in [6.45, 7) is 0. The number of benzene rings is 1. The van der Waals surface area contributed by atoms with Gasteiger partial charge in [0.25, 0.3) is 5.91 Å². The molecule has 9 nitrogen and oxygen atoms in total. The van der Waals surface area contributed by atoms with Crippen LogP contribution in [0.25, 0.3) is 16.9 Å². The topological polar surface area (TPSA) is 107 Å². The monoisotopic (exact) mass is 466 g/mol. The molecule has 0 spiro atoms. The summed E-state index contributed by atoms with van der Waals surface area (Å²) in [5, 5.41) is 23.0. The van der Waals surface area contributed by atoms with Crippen LogP contribution in [0.15, 0.2) is 49.1 Å². The Kier molecular flexibility index (Phi) is 5.74. The maximum atomic E-state index is 13.2. The van der Waals surface area contributed by atoms with Crippen LogP contribution in [0, 0.1) is 0 Å². The molecule has 3 heterocycles. The lowest BCUT2D eigenvalue weighted by molar-refractivity contribution is 0.0696. The van der Waals surface area contributed by atoms with Crippen molar-refractivity contribution in [3.05, 3.63) is 59.6 Å². The molecule has 1 aliphatic carbocycles. The maximum absolute atomic E-state index is 13.2. The van der Waals surface area contributed by atoms with Gasteiger partial charge in [-0.2, -0.15) is 10.2 Å². The number of rotatable bonds is 5. The zero-order valence-corrected chi connectivity index (χ0v) is 18.7. The second-order valence-electron chi connectivity index (χ2n) is 8.04. The molecule has 2 atom stereocenters. The molecule has 10 heteroatoms. The van der Waals surface area contributed by atoms with E-state index in [1.807, 2.05) is 0 Å². The number of methoxy groups -OCH3 is 1. The van der Waals surface area contributed by atoms with Gasteiger partial charge in [0, 0.05) is 29.2 Å². The van der Waals surface area contributed by atoms with E-state index >= 15 is 0 Å². The van der Waals surface area contributed by atoms with Crippen molar-refractivity contribution in [2.24, 2.45) is 0 Å². The molecule has 170 valence electrons. The molecule has 1 aromatic carbocycles. The summed E-state index contributed by atoms with van der Waals surface area (Å²) in [5.41, 5.74) is 2.41. The Balaban J connectivity index is 1.58. The minimum absolute atomic E-state index is 0.174. The predicted octanol–water partition coefficient (Wildman–Crippen LogP) is 3.98. The smallest absolute Gasteiger partial charge is 0.261 e. The third-order valence-corrected chi connectivity index (χ3v) is 6.19. The van der Waals surface area contributed by atoms with E-state index in [0.717, 1.165) is 25.7 Å². The first-order valence-corrected chi connectivity index (χ1v) is 11.1. The van der Waals surface area contributed by atoms with Gasteiger partial charge in [-0.25, -0.2) is 9.50 Å². The van der Waals surface area contributed by atoms with Crippen molar-refractivity contribution in [3.63, 3.8) is 0 Å². The Hall–Kier alpha value is -3.43. The van der Waals surface area contributed by atoms with Crippen LogP contribution in [0.4, 0.5) is 5.69 Å². The van der Waals surface area contributed by atoms with Gasteiger partial charge >= 0.3 is 0 Å². The van der Waals surface area contributed by atoms with Gasteiger partial charge in [-0.15, -0.1) is 0 Å². The minimum Gasteiger partial charge on any atom is -0.496 e. The van der Waals surface area contributed by atoms with Crippen molar-refractivity contribution in [1.82, 2.24) is 24.4 Å². The predicted molar refractivity (Wildman–Crippen MR) is 124 cm³/mol. The highest BCUT2D eigenvalue weighted by atomic mass is 35.5. The molecule has 33 heavy (non-hydrogen) atoms. The first-order valence-electron chi connectivity index (χ1n) is 10.8. The summed E-state index contributed by atoms with van der Waals surface area (Å²) in [4.78, 5) is 17.5. The van der Waals surface area contributed by atoms with Gasteiger partial charge in [0.05, 0.1) is 31.1 Å². The molecular formula is C23H23ClN6O3.